The number of benzene rings is 1. The molecule has 1 aromatic carbocycles. The number of carbonyl (C=O) groups excluding carboxylic acids is 1. The summed E-state index contributed by atoms with van der Waals surface area (Å²) in [6.45, 7) is 1.93. The van der Waals surface area contributed by atoms with E-state index in [1.807, 2.05) is 25.1 Å². The molecule has 0 amide bonds. The number of aromatic amines is 1. The van der Waals surface area contributed by atoms with Gasteiger partial charge in [0.05, 0.1) is 11.4 Å². The van der Waals surface area contributed by atoms with Crippen LogP contribution in [0.15, 0.2) is 29.2 Å². The second-order valence-corrected chi connectivity index (χ2v) is 5.12. The van der Waals surface area contributed by atoms with Gasteiger partial charge in [0.2, 0.25) is 5.52 Å². The number of rotatable bonds is 3. The highest BCUT2D eigenvalue weighted by molar-refractivity contribution is 8.00. The number of nitrogens with one attached hydrogen (secondary N) is 1. The number of halogens is 1. The second kappa shape index (κ2) is 4.94. The topological polar surface area (TPSA) is 54.3 Å². The summed E-state index contributed by atoms with van der Waals surface area (Å²) in [6.07, 6.45) is 0. The van der Waals surface area contributed by atoms with E-state index < -0.39 is 5.97 Å². The largest absolute Gasteiger partial charge is 0.549 e. The zero-order chi connectivity index (χ0) is 12.4. The van der Waals surface area contributed by atoms with Crippen molar-refractivity contribution in [1.82, 2.24) is 0 Å². The van der Waals surface area contributed by atoms with Crippen LogP contribution in [0.4, 0.5) is 0 Å². The van der Waals surface area contributed by atoms with Gasteiger partial charge in [-0.1, -0.05) is 11.6 Å². The number of fused-ring (bicyclic) bond motifs is 1. The summed E-state index contributed by atoms with van der Waals surface area (Å²) in [5.41, 5.74) is 1.91. The van der Waals surface area contributed by atoms with Crippen molar-refractivity contribution >= 4 is 40.2 Å². The molecule has 0 saturated carbocycles. The molecule has 0 aliphatic carbocycles. The molecule has 5 heteroatoms. The molecule has 1 heterocycles. The predicted octanol–water partition coefficient (Wildman–Crippen LogP) is 1.46. The lowest BCUT2D eigenvalue weighted by Gasteiger charge is -2.05. The Balaban J connectivity index is 2.51. The standard InChI is InChI=1S/C12H10ClNO2S/c1-7-4-11(17-6-12(15)16)9-5-8(13)2-3-10(9)14-7/h2-5H,6H2,1H3,(H,15,16). The monoisotopic (exact) mass is 267 g/mol. The van der Waals surface area contributed by atoms with Gasteiger partial charge in [0.15, 0.2) is 5.69 Å². The van der Waals surface area contributed by atoms with Crippen LogP contribution in [-0.2, 0) is 4.79 Å². The highest BCUT2D eigenvalue weighted by Crippen LogP contribution is 2.28. The van der Waals surface area contributed by atoms with Crippen molar-refractivity contribution < 1.29 is 14.9 Å². The van der Waals surface area contributed by atoms with Gasteiger partial charge in [-0.3, -0.25) is 0 Å². The molecule has 1 N–H and O–H groups in total. The lowest BCUT2D eigenvalue weighted by molar-refractivity contribution is -0.355. The first-order valence-corrected chi connectivity index (χ1v) is 6.37. The van der Waals surface area contributed by atoms with E-state index in [1.165, 1.54) is 11.8 Å². The summed E-state index contributed by atoms with van der Waals surface area (Å²) >= 11 is 7.18. The second-order valence-electron chi connectivity index (χ2n) is 3.67. The summed E-state index contributed by atoms with van der Waals surface area (Å²) in [5.74, 6) is -1.14. The van der Waals surface area contributed by atoms with E-state index >= 15 is 0 Å². The van der Waals surface area contributed by atoms with Crippen LogP contribution in [0.3, 0.4) is 0 Å². The van der Waals surface area contributed by atoms with E-state index in [1.54, 1.807) is 6.07 Å². The van der Waals surface area contributed by atoms with Crippen LogP contribution in [-0.4, -0.2) is 11.7 Å². The summed E-state index contributed by atoms with van der Waals surface area (Å²) < 4.78 is 0. The van der Waals surface area contributed by atoms with Crippen LogP contribution in [0.2, 0.25) is 5.02 Å². The van der Waals surface area contributed by atoms with Crippen molar-refractivity contribution in [3.63, 3.8) is 0 Å². The fraction of sp³-hybridized carbons (Fsp3) is 0.167. The first-order chi connectivity index (χ1) is 8.06. The van der Waals surface area contributed by atoms with Gasteiger partial charge in [0.1, 0.15) is 0 Å². The third kappa shape index (κ3) is 2.90. The molecule has 2 aromatic rings. The molecule has 3 nitrogen and oxygen atoms in total. The minimum Gasteiger partial charge on any atom is -0.549 e. The minimum atomic E-state index is -1.07. The van der Waals surface area contributed by atoms with E-state index in [4.69, 9.17) is 11.6 Å². The number of thioether (sulfide) groups is 1. The predicted molar refractivity (Wildman–Crippen MR) is 66.0 cm³/mol. The van der Waals surface area contributed by atoms with Gasteiger partial charge in [-0.05, 0) is 12.1 Å². The molecular formula is C12H10ClNO2S. The van der Waals surface area contributed by atoms with E-state index in [0.717, 1.165) is 21.5 Å². The molecule has 0 aliphatic heterocycles. The summed E-state index contributed by atoms with van der Waals surface area (Å²) in [7, 11) is 0. The number of carboxylic acids is 1. The Labute approximate surface area is 108 Å². The van der Waals surface area contributed by atoms with Gasteiger partial charge in [-0.15, -0.1) is 11.8 Å². The maximum absolute atomic E-state index is 10.5. The lowest BCUT2D eigenvalue weighted by Crippen LogP contribution is -2.24. The molecule has 88 valence electrons. The Morgan fingerprint density at radius 1 is 1.47 bits per heavy atom. The number of hydrogen-bond acceptors (Lipinski definition) is 3. The molecule has 1 aromatic heterocycles. The SMILES string of the molecule is Cc1cc(SCC(=O)[O-])c2cc(Cl)ccc2[nH+]1. The van der Waals surface area contributed by atoms with Gasteiger partial charge in [0.25, 0.3) is 0 Å². The maximum Gasteiger partial charge on any atom is 0.212 e. The zero-order valence-corrected chi connectivity index (χ0v) is 10.7. The molecule has 0 fully saturated rings. The third-order valence-electron chi connectivity index (χ3n) is 2.27. The molecule has 0 atom stereocenters. The number of aryl methyl sites for hydroxylation is 1. The molecule has 0 saturated heterocycles. The van der Waals surface area contributed by atoms with Crippen molar-refractivity contribution in [3.8, 4) is 0 Å². The summed E-state index contributed by atoms with van der Waals surface area (Å²) in [6, 6.07) is 7.41. The van der Waals surface area contributed by atoms with Crippen molar-refractivity contribution in [2.75, 3.05) is 5.75 Å². The Morgan fingerprint density at radius 3 is 2.94 bits per heavy atom. The molecule has 0 unspecified atom stereocenters. The van der Waals surface area contributed by atoms with Gasteiger partial charge in [0, 0.05) is 34.7 Å². The average Bonchev–Trinajstić information content (AvgIpc) is 2.26. The Bertz CT molecular complexity index is 586. The Morgan fingerprint density at radius 2 is 2.24 bits per heavy atom. The summed E-state index contributed by atoms with van der Waals surface area (Å²) in [5, 5.41) is 12.0. The molecule has 0 bridgehead atoms. The number of H-pyrrole nitrogens is 1. The molecule has 0 radical (unpaired) electrons. The summed E-state index contributed by atoms with van der Waals surface area (Å²) in [4.78, 5) is 14.6. The maximum atomic E-state index is 10.5. The number of hydrogen-bond donors (Lipinski definition) is 0. The van der Waals surface area contributed by atoms with Crippen LogP contribution >= 0.6 is 23.4 Å². The van der Waals surface area contributed by atoms with E-state index in [0.29, 0.717) is 5.02 Å². The van der Waals surface area contributed by atoms with Gasteiger partial charge in [-0.2, -0.15) is 0 Å². The van der Waals surface area contributed by atoms with E-state index in [2.05, 4.69) is 4.98 Å². The molecule has 0 spiro atoms. The number of pyridine rings is 1. The fourth-order valence-corrected chi connectivity index (χ4v) is 2.64. The molecular weight excluding hydrogens is 258 g/mol. The van der Waals surface area contributed by atoms with Gasteiger partial charge < -0.3 is 9.90 Å². The van der Waals surface area contributed by atoms with Gasteiger partial charge in [-0.25, -0.2) is 4.98 Å². The Hall–Kier alpha value is -1.26. The highest BCUT2D eigenvalue weighted by atomic mass is 35.5. The van der Waals surface area contributed by atoms with Crippen LogP contribution < -0.4 is 10.1 Å². The Kier molecular flexibility index (Phi) is 3.54. The number of carbonyl (C=O) groups is 1. The number of aliphatic carboxylic acids is 1. The van der Waals surface area contributed by atoms with Crippen LogP contribution in [0.1, 0.15) is 5.69 Å². The van der Waals surface area contributed by atoms with Crippen molar-refractivity contribution in [2.24, 2.45) is 0 Å². The van der Waals surface area contributed by atoms with Gasteiger partial charge >= 0.3 is 0 Å². The van der Waals surface area contributed by atoms with Crippen molar-refractivity contribution in [1.29, 1.82) is 0 Å². The van der Waals surface area contributed by atoms with Crippen molar-refractivity contribution in [3.05, 3.63) is 35.0 Å². The first kappa shape index (κ1) is 12.2. The normalized spacial score (nSPS) is 10.7. The fourth-order valence-electron chi connectivity index (χ4n) is 1.61. The molecule has 2 rings (SSSR count). The molecule has 17 heavy (non-hydrogen) atoms. The smallest absolute Gasteiger partial charge is 0.212 e. The quantitative estimate of drug-likeness (QED) is 0.791. The number of aromatic nitrogens is 1. The van der Waals surface area contributed by atoms with Crippen LogP contribution in [0, 0.1) is 6.92 Å². The number of carboxylic acid groups (broad SMARTS) is 1. The zero-order valence-electron chi connectivity index (χ0n) is 9.12. The van der Waals surface area contributed by atoms with Crippen LogP contribution in [0.25, 0.3) is 10.9 Å². The molecule has 0 aliphatic rings. The minimum absolute atomic E-state index is 0.0644. The average molecular weight is 268 g/mol. The highest BCUT2D eigenvalue weighted by Gasteiger charge is 2.10. The lowest BCUT2D eigenvalue weighted by atomic mass is 10.2. The first-order valence-electron chi connectivity index (χ1n) is 5.01. The van der Waals surface area contributed by atoms with E-state index in [-0.39, 0.29) is 5.75 Å². The van der Waals surface area contributed by atoms with E-state index in [9.17, 15) is 9.90 Å². The van der Waals surface area contributed by atoms with Crippen molar-refractivity contribution in [2.45, 2.75) is 11.8 Å². The third-order valence-corrected chi connectivity index (χ3v) is 3.54. The van der Waals surface area contributed by atoms with Crippen LogP contribution in [0.5, 0.6) is 0 Å².